The summed E-state index contributed by atoms with van der Waals surface area (Å²) in [6, 6.07) is 15.4. The molecule has 138 valence electrons. The Kier molecular flexibility index (Phi) is 4.74. The van der Waals surface area contributed by atoms with Crippen molar-refractivity contribution in [3.8, 4) is 0 Å². The molecule has 3 heterocycles. The maximum Gasteiger partial charge on any atom is 0.275 e. The quantitative estimate of drug-likeness (QED) is 0.552. The summed E-state index contributed by atoms with van der Waals surface area (Å²) in [6.07, 6.45) is 4.87. The molecule has 0 aliphatic heterocycles. The number of rotatable bonds is 4. The van der Waals surface area contributed by atoms with Crippen LogP contribution >= 0.6 is 11.6 Å². The van der Waals surface area contributed by atoms with E-state index in [1.165, 1.54) is 6.20 Å². The Labute approximate surface area is 165 Å². The van der Waals surface area contributed by atoms with Crippen LogP contribution in [0.15, 0.2) is 73.2 Å². The molecule has 4 aromatic rings. The predicted molar refractivity (Wildman–Crippen MR) is 107 cm³/mol. The van der Waals surface area contributed by atoms with Gasteiger partial charge >= 0.3 is 0 Å². The molecule has 2 amide bonds. The number of hydrogen-bond donors (Lipinski definition) is 2. The third-order valence-electron chi connectivity index (χ3n) is 3.99. The van der Waals surface area contributed by atoms with Crippen molar-refractivity contribution in [3.63, 3.8) is 0 Å². The molecule has 0 saturated heterocycles. The number of carbonyl (C=O) groups is 2. The highest BCUT2D eigenvalue weighted by molar-refractivity contribution is 6.30. The van der Waals surface area contributed by atoms with Gasteiger partial charge < -0.3 is 15.0 Å². The van der Waals surface area contributed by atoms with E-state index in [4.69, 9.17) is 11.6 Å². The second-order valence-corrected chi connectivity index (χ2v) is 6.34. The Morgan fingerprint density at radius 3 is 2.54 bits per heavy atom. The van der Waals surface area contributed by atoms with Gasteiger partial charge in [0.2, 0.25) is 0 Å². The third kappa shape index (κ3) is 3.70. The number of benzene rings is 1. The monoisotopic (exact) mass is 391 g/mol. The van der Waals surface area contributed by atoms with Gasteiger partial charge in [0.25, 0.3) is 11.8 Å². The van der Waals surface area contributed by atoms with E-state index < -0.39 is 11.8 Å². The van der Waals surface area contributed by atoms with Crippen LogP contribution in [0.4, 0.5) is 11.5 Å². The van der Waals surface area contributed by atoms with Crippen molar-refractivity contribution in [1.29, 1.82) is 0 Å². The van der Waals surface area contributed by atoms with Gasteiger partial charge in [0.05, 0.1) is 16.3 Å². The van der Waals surface area contributed by atoms with E-state index in [-0.39, 0.29) is 5.69 Å². The average molecular weight is 392 g/mol. The topological polar surface area (TPSA) is 88.4 Å². The number of nitrogens with one attached hydrogen (secondary N) is 2. The van der Waals surface area contributed by atoms with Crippen LogP contribution in [0.2, 0.25) is 5.02 Å². The maximum absolute atomic E-state index is 12.6. The lowest BCUT2D eigenvalue weighted by Gasteiger charge is -2.10. The van der Waals surface area contributed by atoms with Crippen LogP contribution in [0.25, 0.3) is 5.65 Å². The number of para-hydroxylation sites is 1. The highest BCUT2D eigenvalue weighted by Crippen LogP contribution is 2.18. The molecule has 0 aliphatic rings. The van der Waals surface area contributed by atoms with Crippen molar-refractivity contribution in [2.75, 3.05) is 10.6 Å². The summed E-state index contributed by atoms with van der Waals surface area (Å²) in [5.74, 6) is -0.454. The fourth-order valence-corrected chi connectivity index (χ4v) is 2.77. The number of hydrogen-bond acceptors (Lipinski definition) is 4. The van der Waals surface area contributed by atoms with Crippen LogP contribution in [0.3, 0.4) is 0 Å². The Balaban J connectivity index is 1.56. The average Bonchev–Trinajstić information content (AvgIpc) is 3.14. The molecule has 0 radical (unpaired) electrons. The molecule has 8 heteroatoms. The first-order chi connectivity index (χ1) is 13.6. The second kappa shape index (κ2) is 7.50. The van der Waals surface area contributed by atoms with Crippen molar-refractivity contribution >= 4 is 40.6 Å². The second-order valence-electron chi connectivity index (χ2n) is 5.91. The molecule has 3 aromatic heterocycles. The standard InChI is InChI=1S/C20H14ClN5O2/c21-13-8-9-17(22-11-13)25-19(27)14-5-1-2-6-15(14)24-20(28)16-12-26-10-4-3-7-18(26)23-16/h1-12H,(H,24,28)(H,22,25,27). The summed E-state index contributed by atoms with van der Waals surface area (Å²) in [6.45, 7) is 0. The summed E-state index contributed by atoms with van der Waals surface area (Å²) in [5, 5.41) is 5.90. The Hall–Kier alpha value is -3.71. The molecule has 0 spiro atoms. The highest BCUT2D eigenvalue weighted by Gasteiger charge is 2.16. The normalized spacial score (nSPS) is 10.6. The molecule has 4 rings (SSSR count). The lowest BCUT2D eigenvalue weighted by molar-refractivity contribution is 0.102. The van der Waals surface area contributed by atoms with Crippen LogP contribution < -0.4 is 10.6 Å². The van der Waals surface area contributed by atoms with Gasteiger partial charge in [0, 0.05) is 18.6 Å². The number of anilines is 2. The van der Waals surface area contributed by atoms with Crippen molar-refractivity contribution in [3.05, 3.63) is 89.5 Å². The summed E-state index contributed by atoms with van der Waals surface area (Å²) >= 11 is 5.80. The molecular formula is C20H14ClN5O2. The first kappa shape index (κ1) is 17.7. The molecule has 0 aliphatic carbocycles. The van der Waals surface area contributed by atoms with Gasteiger partial charge in [-0.25, -0.2) is 9.97 Å². The highest BCUT2D eigenvalue weighted by atomic mass is 35.5. The SMILES string of the molecule is O=C(Nc1ccccc1C(=O)Nc1ccc(Cl)cn1)c1cn2ccccc2n1. The number of halogens is 1. The van der Waals surface area contributed by atoms with Crippen LogP contribution in [0, 0.1) is 0 Å². The zero-order chi connectivity index (χ0) is 19.5. The van der Waals surface area contributed by atoms with E-state index in [9.17, 15) is 9.59 Å². The van der Waals surface area contributed by atoms with Crippen LogP contribution in [0.5, 0.6) is 0 Å². The van der Waals surface area contributed by atoms with Gasteiger partial charge in [-0.15, -0.1) is 0 Å². The van der Waals surface area contributed by atoms with Gasteiger partial charge in [-0.2, -0.15) is 0 Å². The van der Waals surface area contributed by atoms with Gasteiger partial charge in [0.1, 0.15) is 17.2 Å². The number of nitrogens with zero attached hydrogens (tertiary/aromatic N) is 3. The summed E-state index contributed by atoms with van der Waals surface area (Å²) in [4.78, 5) is 33.6. The number of aromatic nitrogens is 3. The molecular weight excluding hydrogens is 378 g/mol. The largest absolute Gasteiger partial charge is 0.320 e. The minimum absolute atomic E-state index is 0.251. The fourth-order valence-electron chi connectivity index (χ4n) is 2.65. The van der Waals surface area contributed by atoms with E-state index in [0.29, 0.717) is 27.7 Å². The van der Waals surface area contributed by atoms with E-state index in [1.54, 1.807) is 59.3 Å². The molecule has 0 fully saturated rings. The summed E-state index contributed by atoms with van der Waals surface area (Å²) in [5.41, 5.74) is 1.58. The van der Waals surface area contributed by atoms with Crippen LogP contribution in [-0.4, -0.2) is 26.2 Å². The lowest BCUT2D eigenvalue weighted by Crippen LogP contribution is -2.18. The number of imidazole rings is 1. The summed E-state index contributed by atoms with van der Waals surface area (Å²) in [7, 11) is 0. The molecule has 0 unspecified atom stereocenters. The van der Waals surface area contributed by atoms with E-state index in [1.807, 2.05) is 12.1 Å². The van der Waals surface area contributed by atoms with Crippen LogP contribution in [0.1, 0.15) is 20.8 Å². The molecule has 1 aromatic carbocycles. The van der Waals surface area contributed by atoms with Crippen molar-refractivity contribution < 1.29 is 9.59 Å². The molecule has 2 N–H and O–H groups in total. The third-order valence-corrected chi connectivity index (χ3v) is 4.21. The first-order valence-corrected chi connectivity index (χ1v) is 8.75. The molecule has 28 heavy (non-hydrogen) atoms. The Morgan fingerprint density at radius 1 is 0.929 bits per heavy atom. The predicted octanol–water partition coefficient (Wildman–Crippen LogP) is 3.89. The molecule has 0 bridgehead atoms. The van der Waals surface area contributed by atoms with Gasteiger partial charge in [0.15, 0.2) is 0 Å². The Bertz CT molecular complexity index is 1140. The van der Waals surface area contributed by atoms with E-state index in [2.05, 4.69) is 20.6 Å². The zero-order valence-corrected chi connectivity index (χ0v) is 15.2. The van der Waals surface area contributed by atoms with Crippen LogP contribution in [-0.2, 0) is 0 Å². The smallest absolute Gasteiger partial charge is 0.275 e. The van der Waals surface area contributed by atoms with E-state index >= 15 is 0 Å². The Morgan fingerprint density at radius 2 is 1.75 bits per heavy atom. The van der Waals surface area contributed by atoms with Gasteiger partial charge in [-0.05, 0) is 36.4 Å². The minimum Gasteiger partial charge on any atom is -0.320 e. The van der Waals surface area contributed by atoms with E-state index in [0.717, 1.165) is 0 Å². The zero-order valence-electron chi connectivity index (χ0n) is 14.5. The number of amides is 2. The number of carbonyl (C=O) groups excluding carboxylic acids is 2. The summed E-state index contributed by atoms with van der Waals surface area (Å²) < 4.78 is 1.75. The van der Waals surface area contributed by atoms with Gasteiger partial charge in [-0.3, -0.25) is 9.59 Å². The lowest BCUT2D eigenvalue weighted by atomic mass is 10.1. The van der Waals surface area contributed by atoms with Gasteiger partial charge in [-0.1, -0.05) is 29.8 Å². The van der Waals surface area contributed by atoms with Crippen molar-refractivity contribution in [2.45, 2.75) is 0 Å². The number of fused-ring (bicyclic) bond motifs is 1. The number of pyridine rings is 2. The minimum atomic E-state index is -0.409. The maximum atomic E-state index is 12.6. The first-order valence-electron chi connectivity index (χ1n) is 8.37. The fraction of sp³-hybridized carbons (Fsp3) is 0. The van der Waals surface area contributed by atoms with Crippen molar-refractivity contribution in [1.82, 2.24) is 14.4 Å². The molecule has 0 atom stereocenters. The molecule has 0 saturated carbocycles. The van der Waals surface area contributed by atoms with Crippen molar-refractivity contribution in [2.24, 2.45) is 0 Å². The molecule has 7 nitrogen and oxygen atoms in total.